The average Bonchev–Trinajstić information content (AvgIpc) is 2.01. The summed E-state index contributed by atoms with van der Waals surface area (Å²) in [5.74, 6) is -0.326. The Morgan fingerprint density at radius 2 is 1.86 bits per heavy atom. The van der Waals surface area contributed by atoms with Gasteiger partial charge in [0.2, 0.25) is 0 Å². The van der Waals surface area contributed by atoms with E-state index in [1.54, 1.807) is 12.1 Å². The third-order valence-corrected chi connectivity index (χ3v) is 2.33. The van der Waals surface area contributed by atoms with E-state index in [0.717, 1.165) is 0 Å². The van der Waals surface area contributed by atoms with E-state index in [9.17, 15) is 4.39 Å². The van der Waals surface area contributed by atoms with Gasteiger partial charge in [0, 0.05) is 17.3 Å². The largest absolute Gasteiger partial charge is 0.398 e. The lowest BCUT2D eigenvalue weighted by atomic mass is 9.82. The fourth-order valence-electron chi connectivity index (χ4n) is 1.31. The number of nitrogens with two attached hydrogens (primary N) is 2. The molecular formula is C11H17FN2. The first-order valence-electron chi connectivity index (χ1n) is 4.63. The summed E-state index contributed by atoms with van der Waals surface area (Å²) >= 11 is 0. The molecule has 0 heterocycles. The topological polar surface area (TPSA) is 52.0 Å². The van der Waals surface area contributed by atoms with Crippen molar-refractivity contribution in [2.24, 2.45) is 11.1 Å². The molecule has 1 atom stereocenters. The van der Waals surface area contributed by atoms with E-state index < -0.39 is 0 Å². The second kappa shape index (κ2) is 3.58. The Morgan fingerprint density at radius 3 is 2.29 bits per heavy atom. The van der Waals surface area contributed by atoms with Crippen molar-refractivity contribution in [3.8, 4) is 0 Å². The molecule has 0 radical (unpaired) electrons. The second-order valence-electron chi connectivity index (χ2n) is 4.59. The molecule has 0 aliphatic carbocycles. The minimum atomic E-state index is -0.385. The Labute approximate surface area is 84.1 Å². The van der Waals surface area contributed by atoms with Crippen LogP contribution < -0.4 is 11.5 Å². The summed E-state index contributed by atoms with van der Waals surface area (Å²) in [5, 5.41) is 0. The van der Waals surface area contributed by atoms with Gasteiger partial charge in [0.25, 0.3) is 0 Å². The molecule has 3 heteroatoms. The Kier molecular flexibility index (Phi) is 2.81. The van der Waals surface area contributed by atoms with Crippen molar-refractivity contribution >= 4 is 5.69 Å². The normalized spacial score (nSPS) is 14.1. The van der Waals surface area contributed by atoms with E-state index in [0.29, 0.717) is 11.3 Å². The van der Waals surface area contributed by atoms with Crippen LogP contribution in [0.2, 0.25) is 0 Å². The zero-order valence-electron chi connectivity index (χ0n) is 8.84. The predicted octanol–water partition coefficient (Wildman–Crippen LogP) is 2.45. The molecule has 14 heavy (non-hydrogen) atoms. The first kappa shape index (κ1) is 11.0. The van der Waals surface area contributed by atoms with Gasteiger partial charge in [-0.2, -0.15) is 0 Å². The quantitative estimate of drug-likeness (QED) is 0.678. The first-order chi connectivity index (χ1) is 6.34. The van der Waals surface area contributed by atoms with Crippen LogP contribution in [-0.2, 0) is 0 Å². The lowest BCUT2D eigenvalue weighted by molar-refractivity contribution is 0.320. The van der Waals surface area contributed by atoms with Gasteiger partial charge >= 0.3 is 0 Å². The standard InChI is InChI=1S/C11H17FN2/c1-11(2,3)10(14)9-7(12)5-4-6-8(9)13/h4-6,10H,13-14H2,1-3H3. The van der Waals surface area contributed by atoms with Crippen molar-refractivity contribution in [2.45, 2.75) is 26.8 Å². The summed E-state index contributed by atoms with van der Waals surface area (Å²) in [6, 6.07) is 4.26. The SMILES string of the molecule is CC(C)(C)C(N)c1c(N)cccc1F. The van der Waals surface area contributed by atoms with Gasteiger partial charge in [0.15, 0.2) is 0 Å². The highest BCUT2D eigenvalue weighted by Gasteiger charge is 2.26. The maximum atomic E-state index is 13.5. The van der Waals surface area contributed by atoms with Crippen molar-refractivity contribution in [3.63, 3.8) is 0 Å². The molecule has 78 valence electrons. The summed E-state index contributed by atoms with van der Waals surface area (Å²) in [6.07, 6.45) is 0. The first-order valence-corrected chi connectivity index (χ1v) is 4.63. The Balaban J connectivity index is 3.19. The molecule has 2 nitrogen and oxygen atoms in total. The second-order valence-corrected chi connectivity index (χ2v) is 4.59. The summed E-state index contributed by atoms with van der Waals surface area (Å²) in [6.45, 7) is 5.89. The van der Waals surface area contributed by atoms with E-state index in [4.69, 9.17) is 11.5 Å². The lowest BCUT2D eigenvalue weighted by Gasteiger charge is -2.28. The average molecular weight is 196 g/mol. The highest BCUT2D eigenvalue weighted by molar-refractivity contribution is 5.49. The van der Waals surface area contributed by atoms with Crippen LogP contribution in [0.1, 0.15) is 32.4 Å². The van der Waals surface area contributed by atoms with Crippen LogP contribution >= 0.6 is 0 Å². The molecule has 4 N–H and O–H groups in total. The number of anilines is 1. The number of hydrogen-bond acceptors (Lipinski definition) is 2. The molecule has 1 aromatic carbocycles. The van der Waals surface area contributed by atoms with Crippen molar-refractivity contribution in [1.82, 2.24) is 0 Å². The molecule has 0 aromatic heterocycles. The molecule has 1 aromatic rings. The molecule has 0 spiro atoms. The molecule has 1 unspecified atom stereocenters. The van der Waals surface area contributed by atoms with Crippen LogP contribution in [0, 0.1) is 11.2 Å². The Hall–Kier alpha value is -1.09. The van der Waals surface area contributed by atoms with Gasteiger partial charge in [-0.1, -0.05) is 26.8 Å². The van der Waals surface area contributed by atoms with Gasteiger partial charge in [-0.15, -0.1) is 0 Å². The van der Waals surface area contributed by atoms with Crippen LogP contribution in [0.4, 0.5) is 10.1 Å². The highest BCUT2D eigenvalue weighted by Crippen LogP contribution is 2.34. The van der Waals surface area contributed by atoms with Gasteiger partial charge in [-0.3, -0.25) is 0 Å². The maximum Gasteiger partial charge on any atom is 0.130 e. The molecule has 1 rings (SSSR count). The molecule has 0 aliphatic heterocycles. The Bertz CT molecular complexity index is 308. The van der Waals surface area contributed by atoms with Crippen LogP contribution in [0.3, 0.4) is 0 Å². The number of nitrogen functional groups attached to an aromatic ring is 1. The third-order valence-electron chi connectivity index (χ3n) is 2.33. The number of rotatable bonds is 1. The van der Waals surface area contributed by atoms with Gasteiger partial charge in [-0.05, 0) is 17.5 Å². The third kappa shape index (κ3) is 2.04. The van der Waals surface area contributed by atoms with E-state index >= 15 is 0 Å². The molecular weight excluding hydrogens is 179 g/mol. The molecule has 0 saturated carbocycles. The van der Waals surface area contributed by atoms with E-state index in [2.05, 4.69) is 0 Å². The van der Waals surface area contributed by atoms with Crippen LogP contribution in [0.25, 0.3) is 0 Å². The summed E-state index contributed by atoms with van der Waals surface area (Å²) in [5.41, 5.74) is 12.3. The lowest BCUT2D eigenvalue weighted by Crippen LogP contribution is -2.28. The molecule has 0 aliphatic rings. The van der Waals surface area contributed by atoms with E-state index in [1.807, 2.05) is 20.8 Å². The van der Waals surface area contributed by atoms with Gasteiger partial charge in [0.1, 0.15) is 5.82 Å². The number of hydrogen-bond donors (Lipinski definition) is 2. The highest BCUT2D eigenvalue weighted by atomic mass is 19.1. The molecule has 0 bridgehead atoms. The fourth-order valence-corrected chi connectivity index (χ4v) is 1.31. The van der Waals surface area contributed by atoms with Gasteiger partial charge < -0.3 is 11.5 Å². The summed E-state index contributed by atoms with van der Waals surface area (Å²) < 4.78 is 13.5. The zero-order chi connectivity index (χ0) is 10.9. The molecule has 0 saturated heterocycles. The Morgan fingerprint density at radius 1 is 1.29 bits per heavy atom. The molecule has 0 fully saturated rings. The predicted molar refractivity (Wildman–Crippen MR) is 57.2 cm³/mol. The van der Waals surface area contributed by atoms with Crippen LogP contribution in [-0.4, -0.2) is 0 Å². The zero-order valence-corrected chi connectivity index (χ0v) is 8.84. The van der Waals surface area contributed by atoms with E-state index in [1.165, 1.54) is 6.07 Å². The number of halogens is 1. The molecule has 0 amide bonds. The number of benzene rings is 1. The fraction of sp³-hybridized carbons (Fsp3) is 0.455. The smallest absolute Gasteiger partial charge is 0.130 e. The van der Waals surface area contributed by atoms with Gasteiger partial charge in [-0.25, -0.2) is 4.39 Å². The van der Waals surface area contributed by atoms with Crippen molar-refractivity contribution < 1.29 is 4.39 Å². The van der Waals surface area contributed by atoms with Gasteiger partial charge in [0.05, 0.1) is 0 Å². The summed E-state index contributed by atoms with van der Waals surface area (Å²) in [7, 11) is 0. The monoisotopic (exact) mass is 196 g/mol. The van der Waals surface area contributed by atoms with Crippen molar-refractivity contribution in [2.75, 3.05) is 5.73 Å². The summed E-state index contributed by atoms with van der Waals surface area (Å²) in [4.78, 5) is 0. The maximum absolute atomic E-state index is 13.5. The van der Waals surface area contributed by atoms with Crippen LogP contribution in [0.5, 0.6) is 0 Å². The van der Waals surface area contributed by atoms with Crippen LogP contribution in [0.15, 0.2) is 18.2 Å². The van der Waals surface area contributed by atoms with Crippen molar-refractivity contribution in [1.29, 1.82) is 0 Å². The van der Waals surface area contributed by atoms with Crippen molar-refractivity contribution in [3.05, 3.63) is 29.6 Å². The van der Waals surface area contributed by atoms with E-state index in [-0.39, 0.29) is 17.3 Å². The minimum Gasteiger partial charge on any atom is -0.398 e. The minimum absolute atomic E-state index is 0.198.